The molecular formula is C23H26N2O4. The highest BCUT2D eigenvalue weighted by Crippen LogP contribution is 2.33. The van der Waals surface area contributed by atoms with Gasteiger partial charge in [0.15, 0.2) is 0 Å². The molecular weight excluding hydrogens is 368 g/mol. The average Bonchev–Trinajstić information content (AvgIpc) is 2.93. The van der Waals surface area contributed by atoms with Crippen molar-refractivity contribution in [3.05, 3.63) is 65.4 Å². The number of rotatable bonds is 8. The van der Waals surface area contributed by atoms with Crippen molar-refractivity contribution in [2.75, 3.05) is 25.6 Å². The van der Waals surface area contributed by atoms with Crippen molar-refractivity contribution in [2.24, 2.45) is 0 Å². The van der Waals surface area contributed by atoms with E-state index in [0.717, 1.165) is 5.56 Å². The molecule has 1 heterocycles. The molecule has 6 nitrogen and oxygen atoms in total. The van der Waals surface area contributed by atoms with Crippen LogP contribution >= 0.6 is 0 Å². The average molecular weight is 394 g/mol. The molecule has 0 spiro atoms. The Morgan fingerprint density at radius 2 is 1.69 bits per heavy atom. The summed E-state index contributed by atoms with van der Waals surface area (Å²) in [5.41, 5.74) is 2.99. The Balaban J connectivity index is 1.98. The Morgan fingerprint density at radius 1 is 1.00 bits per heavy atom. The van der Waals surface area contributed by atoms with Gasteiger partial charge in [-0.1, -0.05) is 42.0 Å². The standard InChI is InChI=1S/C23H26N2O4/c1-15(2)29-14-13-25-22(26)20(17-11-9-16(3)10-12-17)21(23(25)27)24-18-7-5-6-8-19(18)28-4/h5-12,15,24H,13-14H2,1-4H3. The molecule has 3 rings (SSSR count). The minimum absolute atomic E-state index is 0.0264. The van der Waals surface area contributed by atoms with Crippen LogP contribution < -0.4 is 10.1 Å². The number of hydrogen-bond acceptors (Lipinski definition) is 5. The van der Waals surface area contributed by atoms with Crippen molar-refractivity contribution >= 4 is 23.1 Å². The van der Waals surface area contributed by atoms with Gasteiger partial charge in [-0.25, -0.2) is 0 Å². The number of anilines is 1. The minimum atomic E-state index is -0.371. The Kier molecular flexibility index (Phi) is 6.34. The number of hydrogen-bond donors (Lipinski definition) is 1. The third kappa shape index (κ3) is 4.49. The third-order valence-corrected chi connectivity index (χ3v) is 4.64. The van der Waals surface area contributed by atoms with Crippen LogP contribution in [0.3, 0.4) is 0 Å². The Labute approximate surface area is 171 Å². The van der Waals surface area contributed by atoms with E-state index < -0.39 is 0 Å². The second kappa shape index (κ2) is 8.92. The summed E-state index contributed by atoms with van der Waals surface area (Å²) in [5.74, 6) is -0.113. The van der Waals surface area contributed by atoms with E-state index in [1.165, 1.54) is 4.90 Å². The van der Waals surface area contributed by atoms with Gasteiger partial charge in [0.2, 0.25) is 0 Å². The smallest absolute Gasteiger partial charge is 0.278 e. The highest BCUT2D eigenvalue weighted by molar-refractivity contribution is 6.36. The fourth-order valence-corrected chi connectivity index (χ4v) is 3.15. The van der Waals surface area contributed by atoms with Gasteiger partial charge in [-0.05, 0) is 38.5 Å². The van der Waals surface area contributed by atoms with Crippen LogP contribution in [0, 0.1) is 6.92 Å². The first-order valence-electron chi connectivity index (χ1n) is 9.61. The Hall–Kier alpha value is -3.12. The van der Waals surface area contributed by atoms with Crippen LogP contribution in [0.1, 0.15) is 25.0 Å². The molecule has 1 aliphatic rings. The number of methoxy groups -OCH3 is 1. The summed E-state index contributed by atoms with van der Waals surface area (Å²) in [7, 11) is 1.56. The Bertz CT molecular complexity index is 932. The van der Waals surface area contributed by atoms with Gasteiger partial charge in [-0.3, -0.25) is 14.5 Å². The van der Waals surface area contributed by atoms with Crippen molar-refractivity contribution in [3.8, 4) is 5.75 Å². The first-order chi connectivity index (χ1) is 13.9. The predicted octanol–water partition coefficient (Wildman–Crippen LogP) is 3.62. The maximum absolute atomic E-state index is 13.2. The molecule has 2 amide bonds. The van der Waals surface area contributed by atoms with Crippen LogP contribution in [0.4, 0.5) is 5.69 Å². The maximum Gasteiger partial charge on any atom is 0.278 e. The molecule has 2 aromatic rings. The quantitative estimate of drug-likeness (QED) is 0.693. The lowest BCUT2D eigenvalue weighted by molar-refractivity contribution is -0.137. The number of amides is 2. The first kappa shape index (κ1) is 20.6. The molecule has 152 valence electrons. The number of nitrogens with one attached hydrogen (secondary N) is 1. The largest absolute Gasteiger partial charge is 0.495 e. The zero-order chi connectivity index (χ0) is 21.0. The maximum atomic E-state index is 13.2. The summed E-state index contributed by atoms with van der Waals surface area (Å²) in [5, 5.41) is 3.13. The molecule has 0 unspecified atom stereocenters. The SMILES string of the molecule is COc1ccccc1NC1=C(c2ccc(C)cc2)C(=O)N(CCOC(C)C)C1=O. The van der Waals surface area contributed by atoms with Crippen molar-refractivity contribution in [1.82, 2.24) is 4.90 Å². The van der Waals surface area contributed by atoms with Crippen LogP contribution in [-0.2, 0) is 14.3 Å². The number of benzene rings is 2. The summed E-state index contributed by atoms with van der Waals surface area (Å²) in [4.78, 5) is 27.5. The van der Waals surface area contributed by atoms with E-state index in [4.69, 9.17) is 9.47 Å². The van der Waals surface area contributed by atoms with E-state index in [-0.39, 0.29) is 36.8 Å². The number of nitrogens with zero attached hydrogens (tertiary/aromatic N) is 1. The van der Waals surface area contributed by atoms with Crippen LogP contribution in [0.25, 0.3) is 5.57 Å². The fourth-order valence-electron chi connectivity index (χ4n) is 3.15. The molecule has 1 aliphatic heterocycles. The van der Waals surface area contributed by atoms with Crippen LogP contribution in [-0.4, -0.2) is 43.1 Å². The molecule has 0 saturated carbocycles. The van der Waals surface area contributed by atoms with E-state index in [1.807, 2.05) is 57.2 Å². The van der Waals surface area contributed by atoms with Crippen molar-refractivity contribution < 1.29 is 19.1 Å². The van der Waals surface area contributed by atoms with Gasteiger partial charge in [-0.15, -0.1) is 0 Å². The van der Waals surface area contributed by atoms with Gasteiger partial charge in [0.1, 0.15) is 11.4 Å². The molecule has 0 fully saturated rings. The summed E-state index contributed by atoms with van der Waals surface area (Å²) in [6.07, 6.45) is 0.0264. The topological polar surface area (TPSA) is 67.9 Å². The number of ether oxygens (including phenoxy) is 2. The fraction of sp³-hybridized carbons (Fsp3) is 0.304. The second-order valence-corrected chi connectivity index (χ2v) is 7.12. The van der Waals surface area contributed by atoms with Gasteiger partial charge in [-0.2, -0.15) is 0 Å². The number of para-hydroxylation sites is 2. The molecule has 29 heavy (non-hydrogen) atoms. The summed E-state index contributed by atoms with van der Waals surface area (Å²) >= 11 is 0. The van der Waals surface area contributed by atoms with Gasteiger partial charge >= 0.3 is 0 Å². The van der Waals surface area contributed by atoms with Crippen LogP contribution in [0.15, 0.2) is 54.2 Å². The van der Waals surface area contributed by atoms with E-state index in [2.05, 4.69) is 5.32 Å². The molecule has 0 aliphatic carbocycles. The van der Waals surface area contributed by atoms with E-state index in [1.54, 1.807) is 19.2 Å². The van der Waals surface area contributed by atoms with E-state index >= 15 is 0 Å². The van der Waals surface area contributed by atoms with Gasteiger partial charge in [0.25, 0.3) is 11.8 Å². The zero-order valence-corrected chi connectivity index (χ0v) is 17.2. The van der Waals surface area contributed by atoms with E-state index in [0.29, 0.717) is 22.6 Å². The molecule has 1 N–H and O–H groups in total. The second-order valence-electron chi connectivity index (χ2n) is 7.12. The van der Waals surface area contributed by atoms with Crippen LogP contribution in [0.5, 0.6) is 5.75 Å². The van der Waals surface area contributed by atoms with Gasteiger partial charge in [0.05, 0.1) is 37.6 Å². The van der Waals surface area contributed by atoms with Crippen molar-refractivity contribution in [1.29, 1.82) is 0 Å². The van der Waals surface area contributed by atoms with E-state index in [9.17, 15) is 9.59 Å². The molecule has 2 aromatic carbocycles. The Morgan fingerprint density at radius 3 is 2.34 bits per heavy atom. The molecule has 0 saturated heterocycles. The lowest BCUT2D eigenvalue weighted by Gasteiger charge is -2.16. The lowest BCUT2D eigenvalue weighted by atomic mass is 10.0. The monoisotopic (exact) mass is 394 g/mol. The molecule has 6 heteroatoms. The molecule has 0 bridgehead atoms. The lowest BCUT2D eigenvalue weighted by Crippen LogP contribution is -2.35. The summed E-state index contributed by atoms with van der Waals surface area (Å²) in [6.45, 7) is 6.29. The van der Waals surface area contributed by atoms with Crippen molar-refractivity contribution in [2.45, 2.75) is 26.9 Å². The number of carbonyl (C=O) groups is 2. The first-order valence-corrected chi connectivity index (χ1v) is 9.61. The molecule has 0 radical (unpaired) electrons. The third-order valence-electron chi connectivity index (χ3n) is 4.64. The highest BCUT2D eigenvalue weighted by atomic mass is 16.5. The predicted molar refractivity (Wildman–Crippen MR) is 113 cm³/mol. The normalized spacial score (nSPS) is 14.2. The van der Waals surface area contributed by atoms with Crippen molar-refractivity contribution in [3.63, 3.8) is 0 Å². The van der Waals surface area contributed by atoms with Gasteiger partial charge in [0, 0.05) is 0 Å². The van der Waals surface area contributed by atoms with Gasteiger partial charge < -0.3 is 14.8 Å². The molecule has 0 aromatic heterocycles. The zero-order valence-electron chi connectivity index (χ0n) is 17.2. The van der Waals surface area contributed by atoms with Crippen LogP contribution in [0.2, 0.25) is 0 Å². The summed E-state index contributed by atoms with van der Waals surface area (Å²) < 4.78 is 10.9. The summed E-state index contributed by atoms with van der Waals surface area (Å²) in [6, 6.07) is 14.8. The number of aryl methyl sites for hydroxylation is 1. The molecule has 0 atom stereocenters. The number of imide groups is 1. The highest BCUT2D eigenvalue weighted by Gasteiger charge is 2.39. The minimum Gasteiger partial charge on any atom is -0.495 e. The number of carbonyl (C=O) groups excluding carboxylic acids is 2.